The van der Waals surface area contributed by atoms with E-state index in [9.17, 15) is 13.2 Å². The van der Waals surface area contributed by atoms with Crippen LogP contribution in [0.5, 0.6) is 0 Å². The van der Waals surface area contributed by atoms with Gasteiger partial charge in [-0.15, -0.1) is 10.2 Å². The summed E-state index contributed by atoms with van der Waals surface area (Å²) in [5, 5.41) is 10.5. The molecular weight excluding hydrogens is 386 g/mol. The number of carbonyl (C=O) groups excluding carboxylic acids is 1. The van der Waals surface area contributed by atoms with E-state index in [0.29, 0.717) is 5.56 Å². The Morgan fingerprint density at radius 1 is 1.11 bits per heavy atom. The molecular formula is C17H19N5O3S2. The molecule has 2 heterocycles. The summed E-state index contributed by atoms with van der Waals surface area (Å²) in [6.07, 6.45) is 1.02. The fraction of sp³-hybridized carbons (Fsp3) is 0.235. The number of hydrogen-bond donors (Lipinski definition) is 2. The Kier molecular flexibility index (Phi) is 5.03. The molecule has 0 radical (unpaired) electrons. The highest BCUT2D eigenvalue weighted by Gasteiger charge is 2.18. The summed E-state index contributed by atoms with van der Waals surface area (Å²) < 4.78 is 26.7. The van der Waals surface area contributed by atoms with Crippen molar-refractivity contribution in [2.24, 2.45) is 0 Å². The fourth-order valence-electron chi connectivity index (χ4n) is 2.80. The number of benzene rings is 1. The van der Waals surface area contributed by atoms with Crippen LogP contribution in [0.15, 0.2) is 30.3 Å². The van der Waals surface area contributed by atoms with Gasteiger partial charge in [-0.25, -0.2) is 8.42 Å². The normalized spacial score (nSPS) is 11.4. The lowest BCUT2D eigenvalue weighted by molar-refractivity contribution is 0.102. The molecule has 0 bridgehead atoms. The number of nitrogens with one attached hydrogen (secondary N) is 2. The van der Waals surface area contributed by atoms with Crippen LogP contribution in [0.3, 0.4) is 0 Å². The lowest BCUT2D eigenvalue weighted by Gasteiger charge is -2.10. The van der Waals surface area contributed by atoms with E-state index in [2.05, 4.69) is 26.3 Å². The zero-order chi connectivity index (χ0) is 19.8. The lowest BCUT2D eigenvalue weighted by atomic mass is 10.2. The highest BCUT2D eigenvalue weighted by atomic mass is 32.2. The van der Waals surface area contributed by atoms with Crippen molar-refractivity contribution < 1.29 is 13.2 Å². The molecule has 8 nitrogen and oxygen atoms in total. The van der Waals surface area contributed by atoms with Crippen LogP contribution in [0.1, 0.15) is 27.3 Å². The zero-order valence-electron chi connectivity index (χ0n) is 15.3. The molecule has 2 aromatic heterocycles. The third kappa shape index (κ3) is 4.34. The number of sulfonamides is 1. The molecule has 3 rings (SSSR count). The van der Waals surface area contributed by atoms with E-state index in [1.165, 1.54) is 0 Å². The van der Waals surface area contributed by atoms with Gasteiger partial charge in [0, 0.05) is 17.1 Å². The van der Waals surface area contributed by atoms with Crippen LogP contribution in [0.4, 0.5) is 10.3 Å². The maximum Gasteiger partial charge on any atom is 0.259 e. The Hall–Kier alpha value is -2.72. The maximum absolute atomic E-state index is 12.7. The Bertz CT molecular complexity index is 1120. The third-order valence-electron chi connectivity index (χ3n) is 3.85. The van der Waals surface area contributed by atoms with Crippen LogP contribution >= 0.6 is 11.3 Å². The SMILES string of the molecule is Cc1cccc(-n2c(C)cc(C(=O)Nc3nnc(NS(C)(=O)=O)s3)c2C)c1. The van der Waals surface area contributed by atoms with Gasteiger partial charge in [-0.3, -0.25) is 14.8 Å². The van der Waals surface area contributed by atoms with Gasteiger partial charge in [-0.2, -0.15) is 0 Å². The van der Waals surface area contributed by atoms with Gasteiger partial charge < -0.3 is 4.57 Å². The Morgan fingerprint density at radius 2 is 1.81 bits per heavy atom. The summed E-state index contributed by atoms with van der Waals surface area (Å²) in [5.41, 5.74) is 4.36. The Balaban J connectivity index is 1.85. The maximum atomic E-state index is 12.7. The third-order valence-corrected chi connectivity index (χ3v) is 5.30. The van der Waals surface area contributed by atoms with Gasteiger partial charge >= 0.3 is 0 Å². The molecule has 0 saturated carbocycles. The standard InChI is InChI=1S/C17H19N5O3S2/c1-10-6-5-7-13(8-10)22-11(2)9-14(12(22)3)15(23)18-16-19-20-17(26-16)21-27(4,24)25/h5-9H,1-4H3,(H,20,21)(H,18,19,23). The van der Waals surface area contributed by atoms with E-state index in [1.54, 1.807) is 0 Å². The minimum atomic E-state index is -3.45. The molecule has 2 N–H and O–H groups in total. The molecule has 10 heteroatoms. The first kappa shape index (κ1) is 19.1. The first-order valence-corrected chi connectivity index (χ1v) is 10.7. The van der Waals surface area contributed by atoms with Crippen LogP contribution in [0.2, 0.25) is 0 Å². The first-order chi connectivity index (χ1) is 12.6. The van der Waals surface area contributed by atoms with Gasteiger partial charge in [0.05, 0.1) is 11.8 Å². The molecule has 142 valence electrons. The van der Waals surface area contributed by atoms with Crippen molar-refractivity contribution in [1.82, 2.24) is 14.8 Å². The van der Waals surface area contributed by atoms with Crippen molar-refractivity contribution in [3.05, 3.63) is 52.8 Å². The van der Waals surface area contributed by atoms with Gasteiger partial charge in [0.1, 0.15) is 0 Å². The van der Waals surface area contributed by atoms with Crippen LogP contribution < -0.4 is 10.0 Å². The number of aryl methyl sites for hydroxylation is 2. The van der Waals surface area contributed by atoms with Gasteiger partial charge in [0.25, 0.3) is 5.91 Å². The van der Waals surface area contributed by atoms with E-state index in [-0.39, 0.29) is 16.2 Å². The first-order valence-electron chi connectivity index (χ1n) is 8.02. The van der Waals surface area contributed by atoms with Crippen molar-refractivity contribution in [2.45, 2.75) is 20.8 Å². The molecule has 3 aromatic rings. The molecule has 0 saturated heterocycles. The van der Waals surface area contributed by atoms with Crippen LogP contribution in [-0.4, -0.2) is 35.3 Å². The summed E-state index contributed by atoms with van der Waals surface area (Å²) in [6.45, 7) is 5.83. The zero-order valence-corrected chi connectivity index (χ0v) is 16.9. The molecule has 0 spiro atoms. The van der Waals surface area contributed by atoms with Crippen LogP contribution in [0.25, 0.3) is 5.69 Å². The van der Waals surface area contributed by atoms with Crippen LogP contribution in [-0.2, 0) is 10.0 Å². The molecule has 1 aromatic carbocycles. The summed E-state index contributed by atoms with van der Waals surface area (Å²) in [4.78, 5) is 12.7. The lowest BCUT2D eigenvalue weighted by Crippen LogP contribution is -2.13. The molecule has 0 aliphatic carbocycles. The highest BCUT2D eigenvalue weighted by Crippen LogP contribution is 2.24. The van der Waals surface area contributed by atoms with Crippen molar-refractivity contribution in [3.8, 4) is 5.69 Å². The van der Waals surface area contributed by atoms with E-state index < -0.39 is 10.0 Å². The van der Waals surface area contributed by atoms with Crippen LogP contribution in [0, 0.1) is 20.8 Å². The summed E-state index contributed by atoms with van der Waals surface area (Å²) >= 11 is 0.947. The minimum Gasteiger partial charge on any atom is -0.318 e. The number of rotatable bonds is 5. The van der Waals surface area contributed by atoms with Gasteiger partial charge in [0.15, 0.2) is 0 Å². The quantitative estimate of drug-likeness (QED) is 0.679. The van der Waals surface area contributed by atoms with E-state index in [0.717, 1.165) is 40.2 Å². The van der Waals surface area contributed by atoms with Crippen molar-refractivity contribution in [2.75, 3.05) is 16.3 Å². The van der Waals surface area contributed by atoms with Gasteiger partial charge in [-0.05, 0) is 44.5 Å². The average molecular weight is 406 g/mol. The van der Waals surface area contributed by atoms with Gasteiger partial charge in [0.2, 0.25) is 20.3 Å². The smallest absolute Gasteiger partial charge is 0.259 e. The van der Waals surface area contributed by atoms with Crippen molar-refractivity contribution in [1.29, 1.82) is 0 Å². The summed E-state index contributed by atoms with van der Waals surface area (Å²) in [7, 11) is -3.45. The van der Waals surface area contributed by atoms with Gasteiger partial charge in [-0.1, -0.05) is 23.5 Å². The van der Waals surface area contributed by atoms with E-state index in [4.69, 9.17) is 0 Å². The summed E-state index contributed by atoms with van der Waals surface area (Å²) in [6, 6.07) is 9.84. The van der Waals surface area contributed by atoms with Crippen molar-refractivity contribution in [3.63, 3.8) is 0 Å². The second-order valence-electron chi connectivity index (χ2n) is 6.20. The van der Waals surface area contributed by atoms with Crippen molar-refractivity contribution >= 4 is 37.5 Å². The molecule has 0 unspecified atom stereocenters. The molecule has 0 aliphatic heterocycles. The number of anilines is 2. The number of nitrogens with zero attached hydrogens (tertiary/aromatic N) is 3. The van der Waals surface area contributed by atoms with E-state index in [1.807, 2.05) is 49.6 Å². The number of carbonyl (C=O) groups is 1. The molecule has 0 fully saturated rings. The molecule has 1 amide bonds. The Labute approximate surface area is 161 Å². The molecule has 0 atom stereocenters. The Morgan fingerprint density at radius 3 is 2.48 bits per heavy atom. The minimum absolute atomic E-state index is 0.0954. The predicted molar refractivity (Wildman–Crippen MR) is 106 cm³/mol. The number of amides is 1. The average Bonchev–Trinajstić information content (AvgIpc) is 3.09. The number of aromatic nitrogens is 3. The monoisotopic (exact) mass is 405 g/mol. The second-order valence-corrected chi connectivity index (χ2v) is 8.93. The summed E-state index contributed by atoms with van der Waals surface area (Å²) in [5.74, 6) is -0.330. The second kappa shape index (κ2) is 7.12. The topological polar surface area (TPSA) is 106 Å². The predicted octanol–water partition coefficient (Wildman–Crippen LogP) is 2.88. The molecule has 0 aliphatic rings. The van der Waals surface area contributed by atoms with E-state index >= 15 is 0 Å². The largest absolute Gasteiger partial charge is 0.318 e. The number of hydrogen-bond acceptors (Lipinski definition) is 6. The molecule has 27 heavy (non-hydrogen) atoms. The fourth-order valence-corrected chi connectivity index (χ4v) is 4.26. The highest BCUT2D eigenvalue weighted by molar-refractivity contribution is 7.92.